The molecule has 1 aliphatic heterocycles. The van der Waals surface area contributed by atoms with Crippen molar-refractivity contribution < 1.29 is 22.7 Å². The zero-order valence-corrected chi connectivity index (χ0v) is 21.3. The molecule has 1 heterocycles. The van der Waals surface area contributed by atoms with Crippen molar-refractivity contribution in [1.29, 1.82) is 0 Å². The van der Waals surface area contributed by atoms with E-state index in [0.29, 0.717) is 18.5 Å². The summed E-state index contributed by atoms with van der Waals surface area (Å²) in [5.41, 5.74) is 1.72. The molecular formula is C26H34N2O5S. The number of sulfonamides is 1. The Hall–Kier alpha value is -2.71. The van der Waals surface area contributed by atoms with Gasteiger partial charge in [0.1, 0.15) is 0 Å². The Balaban J connectivity index is 1.56. The van der Waals surface area contributed by atoms with E-state index in [1.54, 1.807) is 38.2 Å². The second kappa shape index (κ2) is 10.3. The molecule has 0 aliphatic carbocycles. The average Bonchev–Trinajstić information content (AvgIpc) is 2.83. The second-order valence-corrected chi connectivity index (χ2v) is 11.7. The van der Waals surface area contributed by atoms with Gasteiger partial charge in [0.25, 0.3) is 5.91 Å². The van der Waals surface area contributed by atoms with Gasteiger partial charge in [-0.3, -0.25) is 9.59 Å². The Bertz CT molecular complexity index is 1100. The topological polar surface area (TPSA) is 84.0 Å². The summed E-state index contributed by atoms with van der Waals surface area (Å²) in [6.45, 7) is 8.25. The lowest BCUT2D eigenvalue weighted by Crippen LogP contribution is -2.42. The molecule has 0 bridgehead atoms. The van der Waals surface area contributed by atoms with Crippen LogP contribution in [0.5, 0.6) is 0 Å². The average molecular weight is 487 g/mol. The maximum absolute atomic E-state index is 13.1. The number of hydrogen-bond acceptors (Lipinski definition) is 5. The molecule has 7 nitrogen and oxygen atoms in total. The smallest absolute Gasteiger partial charge is 0.309 e. The number of anilines is 1. The highest BCUT2D eigenvalue weighted by molar-refractivity contribution is 7.89. The first-order valence-electron chi connectivity index (χ1n) is 11.5. The molecule has 1 amide bonds. The van der Waals surface area contributed by atoms with Crippen molar-refractivity contribution in [2.75, 3.05) is 25.0 Å². The van der Waals surface area contributed by atoms with E-state index in [2.05, 4.69) is 20.8 Å². The molecule has 1 fully saturated rings. The maximum atomic E-state index is 13.1. The van der Waals surface area contributed by atoms with Gasteiger partial charge >= 0.3 is 5.97 Å². The molecule has 0 radical (unpaired) electrons. The minimum atomic E-state index is -3.63. The number of hydrogen-bond donors (Lipinski definition) is 0. The number of carbonyl (C=O) groups excluding carboxylic acids is 2. The van der Waals surface area contributed by atoms with Crippen LogP contribution < -0.4 is 4.90 Å². The fraction of sp³-hybridized carbons (Fsp3) is 0.462. The van der Waals surface area contributed by atoms with E-state index in [4.69, 9.17) is 4.74 Å². The summed E-state index contributed by atoms with van der Waals surface area (Å²) < 4.78 is 33.0. The molecule has 1 aliphatic rings. The quantitative estimate of drug-likeness (QED) is 0.577. The molecular weight excluding hydrogens is 452 g/mol. The number of likely N-dealkylation sites (N-methyl/N-ethyl adjacent to an activating group) is 1. The van der Waals surface area contributed by atoms with Crippen molar-refractivity contribution in [1.82, 2.24) is 4.31 Å². The van der Waals surface area contributed by atoms with Crippen LogP contribution in [0.15, 0.2) is 59.5 Å². The molecule has 0 N–H and O–H groups in total. The van der Waals surface area contributed by atoms with Crippen LogP contribution in [0.1, 0.15) is 46.1 Å². The van der Waals surface area contributed by atoms with Gasteiger partial charge in [0.15, 0.2) is 6.10 Å². The monoisotopic (exact) mass is 486 g/mol. The minimum Gasteiger partial charge on any atom is -0.452 e. The Labute approximate surface area is 202 Å². The summed E-state index contributed by atoms with van der Waals surface area (Å²) >= 11 is 0. The van der Waals surface area contributed by atoms with Crippen molar-refractivity contribution in [3.63, 3.8) is 0 Å². The van der Waals surface area contributed by atoms with Crippen LogP contribution >= 0.6 is 0 Å². The van der Waals surface area contributed by atoms with E-state index in [9.17, 15) is 18.0 Å². The fourth-order valence-corrected chi connectivity index (χ4v) is 5.45. The molecule has 0 saturated carbocycles. The zero-order chi connectivity index (χ0) is 25.1. The van der Waals surface area contributed by atoms with Crippen LogP contribution in [0.4, 0.5) is 5.69 Å². The van der Waals surface area contributed by atoms with E-state index >= 15 is 0 Å². The highest BCUT2D eigenvalue weighted by Gasteiger charge is 2.34. The number of nitrogens with zero attached hydrogens (tertiary/aromatic N) is 2. The van der Waals surface area contributed by atoms with Crippen molar-refractivity contribution >= 4 is 27.6 Å². The highest BCUT2D eigenvalue weighted by Crippen LogP contribution is 2.28. The van der Waals surface area contributed by atoms with E-state index in [0.717, 1.165) is 5.56 Å². The van der Waals surface area contributed by atoms with Crippen LogP contribution in [0, 0.1) is 5.92 Å². The number of carbonyl (C=O) groups is 2. The molecule has 8 heteroatoms. The van der Waals surface area contributed by atoms with Gasteiger partial charge in [0.2, 0.25) is 10.0 Å². The largest absolute Gasteiger partial charge is 0.452 e. The first-order chi connectivity index (χ1) is 15.9. The Kier molecular flexibility index (Phi) is 7.83. The van der Waals surface area contributed by atoms with Crippen LogP contribution in [0.2, 0.25) is 0 Å². The van der Waals surface area contributed by atoms with Crippen LogP contribution in [0.25, 0.3) is 0 Å². The molecule has 34 heavy (non-hydrogen) atoms. The van der Waals surface area contributed by atoms with Gasteiger partial charge in [-0.1, -0.05) is 51.1 Å². The van der Waals surface area contributed by atoms with Crippen molar-refractivity contribution in [2.24, 2.45) is 5.92 Å². The fourth-order valence-electron chi connectivity index (χ4n) is 3.98. The third-order valence-corrected chi connectivity index (χ3v) is 8.17. The van der Waals surface area contributed by atoms with Crippen molar-refractivity contribution in [3.05, 3.63) is 60.2 Å². The van der Waals surface area contributed by atoms with Crippen LogP contribution in [-0.2, 0) is 29.8 Å². The van der Waals surface area contributed by atoms with E-state index in [-0.39, 0.29) is 29.3 Å². The molecule has 3 rings (SSSR count). The number of rotatable bonds is 6. The Morgan fingerprint density at radius 1 is 1.00 bits per heavy atom. The van der Waals surface area contributed by atoms with Gasteiger partial charge in [0, 0.05) is 25.8 Å². The van der Waals surface area contributed by atoms with Gasteiger partial charge in [-0.25, -0.2) is 8.42 Å². The van der Waals surface area contributed by atoms with Crippen LogP contribution in [-0.4, -0.2) is 50.8 Å². The number of ether oxygens (including phenoxy) is 1. The summed E-state index contributed by atoms with van der Waals surface area (Å²) in [4.78, 5) is 27.0. The summed E-state index contributed by atoms with van der Waals surface area (Å²) in [5.74, 6) is -1.22. The van der Waals surface area contributed by atoms with Gasteiger partial charge < -0.3 is 9.64 Å². The third-order valence-electron chi connectivity index (χ3n) is 6.26. The van der Waals surface area contributed by atoms with Gasteiger partial charge in [-0.05, 0) is 55.0 Å². The van der Waals surface area contributed by atoms with Crippen molar-refractivity contribution in [2.45, 2.75) is 57.0 Å². The number of para-hydroxylation sites is 1. The SMILES string of the molecule is CC(OC(=O)C1CCN(S(=O)(=O)c2ccc(C(C)(C)C)cc2)CC1)C(=O)N(C)c1ccccc1. The Morgan fingerprint density at radius 3 is 2.09 bits per heavy atom. The predicted molar refractivity (Wildman–Crippen MR) is 132 cm³/mol. The first-order valence-corrected chi connectivity index (χ1v) is 13.0. The summed E-state index contributed by atoms with van der Waals surface area (Å²) in [6.07, 6.45) is -0.220. The minimum absolute atomic E-state index is 0.0601. The molecule has 1 unspecified atom stereocenters. The number of esters is 1. The second-order valence-electron chi connectivity index (χ2n) is 9.76. The summed E-state index contributed by atoms with van der Waals surface area (Å²) in [5, 5.41) is 0. The first kappa shape index (κ1) is 25.9. The highest BCUT2D eigenvalue weighted by atomic mass is 32.2. The number of amides is 1. The molecule has 2 aromatic rings. The third kappa shape index (κ3) is 5.85. The molecule has 0 spiro atoms. The van der Waals surface area contributed by atoms with Gasteiger partial charge in [-0.15, -0.1) is 0 Å². The normalized spacial score (nSPS) is 16.6. The lowest BCUT2D eigenvalue weighted by Gasteiger charge is -2.31. The van der Waals surface area contributed by atoms with E-state index in [1.165, 1.54) is 9.21 Å². The van der Waals surface area contributed by atoms with E-state index < -0.39 is 28.0 Å². The lowest BCUT2D eigenvalue weighted by molar-refractivity contribution is -0.159. The summed E-state index contributed by atoms with van der Waals surface area (Å²) in [7, 11) is -1.99. The Morgan fingerprint density at radius 2 is 1.56 bits per heavy atom. The molecule has 1 saturated heterocycles. The zero-order valence-electron chi connectivity index (χ0n) is 20.5. The molecule has 0 aromatic heterocycles. The standard InChI is InChI=1S/C26H34N2O5S/c1-19(24(29)27(5)22-9-7-6-8-10-22)33-25(30)20-15-17-28(18-16-20)34(31,32)23-13-11-21(12-14-23)26(2,3)4/h6-14,19-20H,15-18H2,1-5H3. The van der Waals surface area contributed by atoms with Crippen molar-refractivity contribution in [3.8, 4) is 0 Å². The number of benzene rings is 2. The molecule has 1 atom stereocenters. The van der Waals surface area contributed by atoms with E-state index in [1.807, 2.05) is 30.3 Å². The molecule has 184 valence electrons. The molecule has 2 aromatic carbocycles. The lowest BCUT2D eigenvalue weighted by atomic mass is 9.87. The van der Waals surface area contributed by atoms with Gasteiger partial charge in [-0.2, -0.15) is 4.31 Å². The predicted octanol–water partition coefficient (Wildman–Crippen LogP) is 3.98. The van der Waals surface area contributed by atoms with Crippen LogP contribution in [0.3, 0.4) is 0 Å². The number of piperidine rings is 1. The maximum Gasteiger partial charge on any atom is 0.309 e. The van der Waals surface area contributed by atoms with Gasteiger partial charge in [0.05, 0.1) is 10.8 Å². The summed E-state index contributed by atoms with van der Waals surface area (Å²) in [6, 6.07) is 16.1.